The van der Waals surface area contributed by atoms with Gasteiger partial charge in [0.15, 0.2) is 12.4 Å². The van der Waals surface area contributed by atoms with Crippen molar-refractivity contribution in [2.75, 3.05) is 18.2 Å². The van der Waals surface area contributed by atoms with Gasteiger partial charge in [0, 0.05) is 5.56 Å². The van der Waals surface area contributed by atoms with Crippen LogP contribution >= 0.6 is 0 Å². The number of rotatable bonds is 8. The highest BCUT2D eigenvalue weighted by atomic mass is 16.5. The minimum absolute atomic E-state index is 0.0381. The molecule has 0 saturated heterocycles. The fourth-order valence-corrected chi connectivity index (χ4v) is 2.62. The van der Waals surface area contributed by atoms with Crippen LogP contribution in [0.3, 0.4) is 0 Å². The minimum Gasteiger partial charge on any atom is -0.495 e. The number of amides is 1. The molecule has 0 fully saturated rings. The van der Waals surface area contributed by atoms with E-state index < -0.39 is 12.0 Å². The second kappa shape index (κ2) is 10.0. The lowest BCUT2D eigenvalue weighted by molar-refractivity contribution is -0.147. The first-order valence-electron chi connectivity index (χ1n) is 9.39. The molecule has 0 saturated carbocycles. The Kier molecular flexibility index (Phi) is 6.94. The number of nitrogens with two attached hydrogens (primary N) is 1. The quantitative estimate of drug-likeness (QED) is 0.465. The Morgan fingerprint density at radius 1 is 1.03 bits per heavy atom. The average molecular weight is 422 g/mol. The number of nitrogens with one attached hydrogen (secondary N) is 2. The van der Waals surface area contributed by atoms with Crippen molar-refractivity contribution in [1.29, 1.82) is 0 Å². The minimum atomic E-state index is -0.863. The van der Waals surface area contributed by atoms with E-state index in [1.165, 1.54) is 6.92 Å². The molecular formula is C21H22N6O4. The summed E-state index contributed by atoms with van der Waals surface area (Å²) in [4.78, 5) is 36.6. The number of carbonyl (C=O) groups excluding carboxylic acids is 2. The molecule has 0 aliphatic heterocycles. The predicted molar refractivity (Wildman–Crippen MR) is 114 cm³/mol. The summed E-state index contributed by atoms with van der Waals surface area (Å²) < 4.78 is 10.5. The van der Waals surface area contributed by atoms with Crippen LogP contribution in [0.1, 0.15) is 23.1 Å². The SMILES string of the molecule is COc1ccccc1Nc1nc(N)nc(COC(=O)[C@H](C)NC(=O)c2ccccc2)n1. The summed E-state index contributed by atoms with van der Waals surface area (Å²) >= 11 is 0. The summed E-state index contributed by atoms with van der Waals surface area (Å²) in [6.45, 7) is 1.29. The molecule has 1 atom stereocenters. The van der Waals surface area contributed by atoms with E-state index >= 15 is 0 Å². The summed E-state index contributed by atoms with van der Waals surface area (Å²) in [5, 5.41) is 5.58. The highest BCUT2D eigenvalue weighted by molar-refractivity contribution is 5.96. The Morgan fingerprint density at radius 3 is 2.48 bits per heavy atom. The molecule has 1 heterocycles. The lowest BCUT2D eigenvalue weighted by Gasteiger charge is -2.14. The molecule has 1 amide bonds. The van der Waals surface area contributed by atoms with Crippen LogP contribution < -0.4 is 21.1 Å². The second-order valence-corrected chi connectivity index (χ2v) is 6.43. The first-order chi connectivity index (χ1) is 15.0. The number of esters is 1. The lowest BCUT2D eigenvalue weighted by Crippen LogP contribution is -2.39. The summed E-state index contributed by atoms with van der Waals surface area (Å²) in [7, 11) is 1.55. The monoisotopic (exact) mass is 422 g/mol. The van der Waals surface area contributed by atoms with Gasteiger partial charge in [0.1, 0.15) is 11.8 Å². The topological polar surface area (TPSA) is 141 Å². The van der Waals surface area contributed by atoms with E-state index in [9.17, 15) is 9.59 Å². The van der Waals surface area contributed by atoms with E-state index in [1.54, 1.807) is 49.6 Å². The highest BCUT2D eigenvalue weighted by Gasteiger charge is 2.19. The third-order valence-corrected chi connectivity index (χ3v) is 4.13. The second-order valence-electron chi connectivity index (χ2n) is 6.43. The smallest absolute Gasteiger partial charge is 0.328 e. The molecule has 1 aromatic heterocycles. The Balaban J connectivity index is 1.61. The Morgan fingerprint density at radius 2 is 1.74 bits per heavy atom. The summed E-state index contributed by atoms with van der Waals surface area (Å²) in [5.41, 5.74) is 6.83. The third kappa shape index (κ3) is 5.89. The molecule has 0 radical (unpaired) electrons. The zero-order chi connectivity index (χ0) is 22.2. The van der Waals surface area contributed by atoms with Crippen LogP contribution in [0.5, 0.6) is 5.75 Å². The molecule has 3 rings (SSSR count). The number of anilines is 3. The Labute approximate surface area is 178 Å². The largest absolute Gasteiger partial charge is 0.495 e. The van der Waals surface area contributed by atoms with Gasteiger partial charge in [-0.1, -0.05) is 30.3 Å². The first-order valence-corrected chi connectivity index (χ1v) is 9.39. The van der Waals surface area contributed by atoms with Gasteiger partial charge in [0.25, 0.3) is 5.91 Å². The van der Waals surface area contributed by atoms with Gasteiger partial charge in [0.05, 0.1) is 12.8 Å². The number of benzene rings is 2. The average Bonchev–Trinajstić information content (AvgIpc) is 2.78. The van der Waals surface area contributed by atoms with Gasteiger partial charge in [-0.2, -0.15) is 15.0 Å². The maximum atomic E-state index is 12.3. The van der Waals surface area contributed by atoms with Crippen molar-refractivity contribution in [3.05, 3.63) is 66.0 Å². The van der Waals surface area contributed by atoms with E-state index in [2.05, 4.69) is 25.6 Å². The molecular weight excluding hydrogens is 400 g/mol. The Hall–Kier alpha value is -4.21. The van der Waals surface area contributed by atoms with Crippen molar-refractivity contribution >= 4 is 29.5 Å². The van der Waals surface area contributed by atoms with Crippen molar-refractivity contribution in [2.45, 2.75) is 19.6 Å². The number of hydrogen-bond acceptors (Lipinski definition) is 9. The highest BCUT2D eigenvalue weighted by Crippen LogP contribution is 2.25. The molecule has 2 aromatic carbocycles. The fourth-order valence-electron chi connectivity index (χ4n) is 2.62. The molecule has 10 heteroatoms. The molecule has 3 aromatic rings. The van der Waals surface area contributed by atoms with E-state index in [4.69, 9.17) is 15.2 Å². The van der Waals surface area contributed by atoms with E-state index in [1.807, 2.05) is 12.1 Å². The zero-order valence-corrected chi connectivity index (χ0v) is 17.0. The van der Waals surface area contributed by atoms with Gasteiger partial charge < -0.3 is 25.8 Å². The molecule has 4 N–H and O–H groups in total. The van der Waals surface area contributed by atoms with Crippen molar-refractivity contribution in [2.24, 2.45) is 0 Å². The predicted octanol–water partition coefficient (Wildman–Crippen LogP) is 2.07. The molecule has 31 heavy (non-hydrogen) atoms. The summed E-state index contributed by atoms with van der Waals surface area (Å²) in [6, 6.07) is 14.9. The van der Waals surface area contributed by atoms with Crippen molar-refractivity contribution < 1.29 is 19.1 Å². The number of ether oxygens (including phenoxy) is 2. The van der Waals surface area contributed by atoms with Crippen molar-refractivity contribution in [3.8, 4) is 5.75 Å². The molecule has 10 nitrogen and oxygen atoms in total. The van der Waals surface area contributed by atoms with Gasteiger partial charge in [-0.3, -0.25) is 4.79 Å². The van der Waals surface area contributed by atoms with Crippen molar-refractivity contribution in [1.82, 2.24) is 20.3 Å². The standard InChI is InChI=1S/C21H22N6O4/c1-13(23-18(28)14-8-4-3-5-9-14)19(29)31-12-17-25-20(22)27-21(26-17)24-15-10-6-7-11-16(15)30-2/h3-11,13H,12H2,1-2H3,(H,23,28)(H3,22,24,25,26,27)/t13-/m0/s1. The number of nitrogen functional groups attached to an aromatic ring is 1. The van der Waals surface area contributed by atoms with Gasteiger partial charge in [-0.15, -0.1) is 0 Å². The van der Waals surface area contributed by atoms with Crippen LogP contribution in [0.4, 0.5) is 17.6 Å². The van der Waals surface area contributed by atoms with Gasteiger partial charge >= 0.3 is 5.97 Å². The molecule has 0 unspecified atom stereocenters. The normalized spacial score (nSPS) is 11.3. The van der Waals surface area contributed by atoms with Crippen LogP contribution in [-0.4, -0.2) is 40.0 Å². The van der Waals surface area contributed by atoms with Crippen LogP contribution in [-0.2, 0) is 16.1 Å². The molecule has 160 valence electrons. The molecule has 0 spiro atoms. The van der Waals surface area contributed by atoms with Gasteiger partial charge in [0.2, 0.25) is 11.9 Å². The number of hydrogen-bond donors (Lipinski definition) is 3. The van der Waals surface area contributed by atoms with E-state index in [-0.39, 0.29) is 30.2 Å². The van der Waals surface area contributed by atoms with Crippen LogP contribution in [0.25, 0.3) is 0 Å². The van der Waals surface area contributed by atoms with E-state index in [0.717, 1.165) is 0 Å². The van der Waals surface area contributed by atoms with Crippen LogP contribution in [0.2, 0.25) is 0 Å². The number of nitrogens with zero attached hydrogens (tertiary/aromatic N) is 3. The lowest BCUT2D eigenvalue weighted by atomic mass is 10.2. The zero-order valence-electron chi connectivity index (χ0n) is 17.0. The van der Waals surface area contributed by atoms with E-state index in [0.29, 0.717) is 17.0 Å². The number of methoxy groups -OCH3 is 1. The van der Waals surface area contributed by atoms with Crippen LogP contribution in [0.15, 0.2) is 54.6 Å². The maximum absolute atomic E-state index is 12.3. The summed E-state index contributed by atoms with van der Waals surface area (Å²) in [6.07, 6.45) is 0. The van der Waals surface area contributed by atoms with Gasteiger partial charge in [-0.05, 0) is 31.2 Å². The fraction of sp³-hybridized carbons (Fsp3) is 0.190. The Bertz CT molecular complexity index is 1060. The van der Waals surface area contributed by atoms with Crippen molar-refractivity contribution in [3.63, 3.8) is 0 Å². The first kappa shape index (κ1) is 21.5. The molecule has 0 aliphatic carbocycles. The number of para-hydroxylation sites is 2. The summed E-state index contributed by atoms with van der Waals surface area (Å²) in [5.74, 6) is -0.130. The maximum Gasteiger partial charge on any atom is 0.328 e. The number of carbonyl (C=O) groups is 2. The molecule has 0 aliphatic rings. The molecule has 0 bridgehead atoms. The number of aromatic nitrogens is 3. The van der Waals surface area contributed by atoms with Crippen LogP contribution in [0, 0.1) is 0 Å². The van der Waals surface area contributed by atoms with Gasteiger partial charge in [-0.25, -0.2) is 4.79 Å². The third-order valence-electron chi connectivity index (χ3n) is 4.13.